The van der Waals surface area contributed by atoms with Crippen molar-refractivity contribution in [3.63, 3.8) is 0 Å². The van der Waals surface area contributed by atoms with Gasteiger partial charge in [-0.2, -0.15) is 5.10 Å². The van der Waals surface area contributed by atoms with Crippen LogP contribution in [-0.4, -0.2) is 63.1 Å². The number of rotatable bonds is 7. The zero-order valence-electron chi connectivity index (χ0n) is 18.9. The summed E-state index contributed by atoms with van der Waals surface area (Å²) >= 11 is 0. The fourth-order valence-corrected chi connectivity index (χ4v) is 4.01. The Morgan fingerprint density at radius 1 is 1.09 bits per heavy atom. The number of likely N-dealkylation sites (tertiary alicyclic amines) is 1. The summed E-state index contributed by atoms with van der Waals surface area (Å²) in [6.45, 7) is 3.92. The Balaban J connectivity index is 1.35. The van der Waals surface area contributed by atoms with E-state index < -0.39 is 0 Å². The van der Waals surface area contributed by atoms with Gasteiger partial charge in [-0.1, -0.05) is 6.07 Å². The zero-order valence-corrected chi connectivity index (χ0v) is 18.9. The number of benzene rings is 1. The number of hydrogen-bond acceptors (Lipinski definition) is 6. The maximum Gasteiger partial charge on any atom is 0.276 e. The number of hydrogen-bond donors (Lipinski definition) is 2. The summed E-state index contributed by atoms with van der Waals surface area (Å²) in [7, 11) is 4.06. The molecule has 0 radical (unpaired) electrons. The molecule has 4 heterocycles. The quantitative estimate of drug-likeness (QED) is 0.456. The number of aromatic nitrogens is 4. The molecule has 168 valence electrons. The minimum absolute atomic E-state index is 0.268. The average Bonchev–Trinajstić information content (AvgIpc) is 3.20. The molecule has 33 heavy (non-hydrogen) atoms. The van der Waals surface area contributed by atoms with Crippen LogP contribution in [0.15, 0.2) is 55.0 Å². The van der Waals surface area contributed by atoms with E-state index in [2.05, 4.69) is 41.3 Å². The Kier molecular flexibility index (Phi) is 5.85. The number of anilines is 1. The fraction of sp³-hybridized carbons (Fsp3) is 0.280. The van der Waals surface area contributed by atoms with Crippen LogP contribution in [0.2, 0.25) is 0 Å². The number of amides is 1. The van der Waals surface area contributed by atoms with Crippen molar-refractivity contribution in [2.75, 3.05) is 32.5 Å². The smallest absolute Gasteiger partial charge is 0.276 e. The Hall–Kier alpha value is -3.62. The van der Waals surface area contributed by atoms with Gasteiger partial charge in [0.1, 0.15) is 0 Å². The van der Waals surface area contributed by atoms with Crippen molar-refractivity contribution >= 4 is 22.5 Å². The van der Waals surface area contributed by atoms with Crippen LogP contribution in [0, 0.1) is 0 Å². The van der Waals surface area contributed by atoms with Crippen LogP contribution in [0.5, 0.6) is 0 Å². The Bertz CT molecular complexity index is 1280. The lowest BCUT2D eigenvalue weighted by molar-refractivity contribution is 0.102. The van der Waals surface area contributed by atoms with E-state index in [0.717, 1.165) is 59.5 Å². The summed E-state index contributed by atoms with van der Waals surface area (Å²) in [6, 6.07) is 11.9. The lowest BCUT2D eigenvalue weighted by atomic mass is 10.0. The first-order valence-corrected chi connectivity index (χ1v) is 11.1. The largest absolute Gasteiger partial charge is 0.319 e. The van der Waals surface area contributed by atoms with Gasteiger partial charge in [0, 0.05) is 36.4 Å². The molecule has 1 aliphatic heterocycles. The highest BCUT2D eigenvalue weighted by Crippen LogP contribution is 2.26. The van der Waals surface area contributed by atoms with Gasteiger partial charge in [-0.3, -0.25) is 24.8 Å². The van der Waals surface area contributed by atoms with Crippen LogP contribution in [0.4, 0.5) is 5.69 Å². The van der Waals surface area contributed by atoms with Gasteiger partial charge in [-0.25, -0.2) is 0 Å². The third-order valence-corrected chi connectivity index (χ3v) is 5.82. The SMILES string of the molecule is CN(C)Cc1cncc(-c2ccc3[nH]nc(C(=O)Nc4ccc(CN5CCC5)nc4)c3c2)c1. The monoisotopic (exact) mass is 441 g/mol. The van der Waals surface area contributed by atoms with Gasteiger partial charge in [-0.05, 0) is 75.1 Å². The van der Waals surface area contributed by atoms with Crippen molar-refractivity contribution in [3.8, 4) is 11.1 Å². The molecule has 1 aliphatic rings. The molecule has 0 bridgehead atoms. The third-order valence-electron chi connectivity index (χ3n) is 5.82. The molecule has 8 nitrogen and oxygen atoms in total. The van der Waals surface area contributed by atoms with E-state index in [4.69, 9.17) is 0 Å². The highest BCUT2D eigenvalue weighted by atomic mass is 16.1. The van der Waals surface area contributed by atoms with Crippen LogP contribution < -0.4 is 5.32 Å². The summed E-state index contributed by atoms with van der Waals surface area (Å²) in [6.07, 6.45) is 6.68. The van der Waals surface area contributed by atoms with Crippen LogP contribution in [0.1, 0.15) is 28.2 Å². The molecular weight excluding hydrogens is 414 g/mol. The molecule has 4 aromatic rings. The number of H-pyrrole nitrogens is 1. The van der Waals surface area contributed by atoms with Crippen LogP contribution in [-0.2, 0) is 13.1 Å². The topological polar surface area (TPSA) is 90.0 Å². The first kappa shape index (κ1) is 21.2. The number of carbonyl (C=O) groups excluding carboxylic acids is 1. The van der Waals surface area contributed by atoms with E-state index in [0.29, 0.717) is 11.4 Å². The third kappa shape index (κ3) is 4.76. The summed E-state index contributed by atoms with van der Waals surface area (Å²) in [5, 5.41) is 10.9. The molecule has 0 unspecified atom stereocenters. The highest BCUT2D eigenvalue weighted by Gasteiger charge is 2.17. The summed E-state index contributed by atoms with van der Waals surface area (Å²) in [4.78, 5) is 26.3. The molecule has 0 spiro atoms. The maximum absolute atomic E-state index is 13.0. The molecule has 0 atom stereocenters. The fourth-order valence-electron chi connectivity index (χ4n) is 4.01. The van der Waals surface area contributed by atoms with Crippen molar-refractivity contribution in [2.45, 2.75) is 19.5 Å². The van der Waals surface area contributed by atoms with Gasteiger partial charge in [-0.15, -0.1) is 0 Å². The van der Waals surface area contributed by atoms with Gasteiger partial charge in [0.2, 0.25) is 0 Å². The molecule has 1 fully saturated rings. The first-order valence-electron chi connectivity index (χ1n) is 11.1. The second-order valence-corrected chi connectivity index (χ2v) is 8.77. The lowest BCUT2D eigenvalue weighted by Gasteiger charge is -2.30. The lowest BCUT2D eigenvalue weighted by Crippen LogP contribution is -2.36. The Morgan fingerprint density at radius 2 is 1.97 bits per heavy atom. The van der Waals surface area contributed by atoms with Gasteiger partial charge in [0.15, 0.2) is 5.69 Å². The van der Waals surface area contributed by atoms with Crippen molar-refractivity contribution < 1.29 is 4.79 Å². The maximum atomic E-state index is 13.0. The van der Waals surface area contributed by atoms with E-state index in [1.54, 1.807) is 6.20 Å². The number of nitrogens with zero attached hydrogens (tertiary/aromatic N) is 5. The van der Waals surface area contributed by atoms with E-state index in [1.165, 1.54) is 6.42 Å². The number of fused-ring (bicyclic) bond motifs is 1. The van der Waals surface area contributed by atoms with E-state index in [1.807, 2.05) is 56.8 Å². The normalized spacial score (nSPS) is 13.9. The molecule has 5 rings (SSSR count). The molecule has 0 aliphatic carbocycles. The number of pyridine rings is 2. The van der Waals surface area contributed by atoms with E-state index in [-0.39, 0.29) is 5.91 Å². The van der Waals surface area contributed by atoms with Gasteiger partial charge >= 0.3 is 0 Å². The van der Waals surface area contributed by atoms with Gasteiger partial charge < -0.3 is 10.2 Å². The standard InChI is InChI=1S/C25H27N7O/c1-31(2)15-17-10-19(13-26-12-17)18-4-7-23-22(11-18)24(30-29-23)25(33)28-20-5-6-21(27-14-20)16-32-8-3-9-32/h4-7,10-14H,3,8-9,15-16H2,1-2H3,(H,28,33)(H,29,30). The number of carbonyl (C=O) groups is 1. The molecule has 1 amide bonds. The van der Waals surface area contributed by atoms with E-state index in [9.17, 15) is 4.79 Å². The molecule has 1 aromatic carbocycles. The van der Waals surface area contributed by atoms with Gasteiger partial charge in [0.25, 0.3) is 5.91 Å². The minimum atomic E-state index is -0.268. The van der Waals surface area contributed by atoms with Crippen molar-refractivity contribution in [2.24, 2.45) is 0 Å². The zero-order chi connectivity index (χ0) is 22.8. The second-order valence-electron chi connectivity index (χ2n) is 8.77. The van der Waals surface area contributed by atoms with Crippen LogP contribution in [0.25, 0.3) is 22.0 Å². The van der Waals surface area contributed by atoms with E-state index >= 15 is 0 Å². The summed E-state index contributed by atoms with van der Waals surface area (Å²) in [5.74, 6) is -0.268. The number of aromatic amines is 1. The average molecular weight is 442 g/mol. The molecule has 3 aromatic heterocycles. The summed E-state index contributed by atoms with van der Waals surface area (Å²) < 4.78 is 0. The molecule has 0 saturated carbocycles. The predicted molar refractivity (Wildman–Crippen MR) is 129 cm³/mol. The Morgan fingerprint density at radius 3 is 2.70 bits per heavy atom. The summed E-state index contributed by atoms with van der Waals surface area (Å²) in [5.41, 5.74) is 5.95. The molecule has 1 saturated heterocycles. The molecule has 2 N–H and O–H groups in total. The minimum Gasteiger partial charge on any atom is -0.319 e. The predicted octanol–water partition coefficient (Wildman–Crippen LogP) is 3.54. The second kappa shape index (κ2) is 9.09. The van der Waals surface area contributed by atoms with Gasteiger partial charge in [0.05, 0.1) is 23.1 Å². The highest BCUT2D eigenvalue weighted by molar-refractivity contribution is 6.11. The molecular formula is C25H27N7O. The molecule has 8 heteroatoms. The number of nitrogens with one attached hydrogen (secondary N) is 2. The van der Waals surface area contributed by atoms with Crippen molar-refractivity contribution in [1.29, 1.82) is 0 Å². The van der Waals surface area contributed by atoms with Crippen molar-refractivity contribution in [3.05, 3.63) is 71.9 Å². The van der Waals surface area contributed by atoms with Crippen LogP contribution >= 0.6 is 0 Å². The first-order chi connectivity index (χ1) is 16.0. The Labute approximate surface area is 192 Å². The van der Waals surface area contributed by atoms with Crippen LogP contribution in [0.3, 0.4) is 0 Å². The van der Waals surface area contributed by atoms with Crippen molar-refractivity contribution in [1.82, 2.24) is 30.0 Å².